The van der Waals surface area contributed by atoms with Gasteiger partial charge in [0.15, 0.2) is 0 Å². The highest BCUT2D eigenvalue weighted by atomic mass is 31.1. The van der Waals surface area contributed by atoms with Crippen LogP contribution in [0.25, 0.3) is 0 Å². The summed E-state index contributed by atoms with van der Waals surface area (Å²) in [6, 6.07) is 89.6. The van der Waals surface area contributed by atoms with E-state index in [2.05, 4.69) is 286 Å². The largest absolute Gasteiger partial charge is 0.507 e. The molecule has 0 aliphatic carbocycles. The van der Waals surface area contributed by atoms with Crippen LogP contribution in [0.4, 0.5) is 11.4 Å². The monoisotopic (exact) mass is 1960 g/mol. The molecule has 0 spiro atoms. The van der Waals surface area contributed by atoms with Gasteiger partial charge < -0.3 is 30.6 Å². The molecule has 722 valence electrons. The third-order valence-electron chi connectivity index (χ3n) is 24.1. The average molecular weight is 1960 g/mol. The van der Waals surface area contributed by atoms with Gasteiger partial charge in [0.1, 0.15) is 34.5 Å². The Morgan fingerprint density at radius 2 is 0.547 bits per heavy atom. The smallest absolute Gasteiger partial charge is 0.127 e. The molecule has 0 radical (unpaired) electrons. The number of aryl methyl sites for hydroxylation is 11. The highest BCUT2D eigenvalue weighted by Gasteiger charge is 2.27. The minimum absolute atomic E-state index is 0.0102. The molecule has 0 fully saturated rings. The maximum atomic E-state index is 11.2. The summed E-state index contributed by atoms with van der Waals surface area (Å²) >= 11 is 0. The highest BCUT2D eigenvalue weighted by molar-refractivity contribution is 7.58. The van der Waals surface area contributed by atoms with E-state index < -0.39 is 0 Å². The highest BCUT2D eigenvalue weighted by Crippen LogP contribution is 2.39. The summed E-state index contributed by atoms with van der Waals surface area (Å²) in [5, 5.41) is 75.9. The van der Waals surface area contributed by atoms with Crippen molar-refractivity contribution in [3.8, 4) is 34.5 Å². The van der Waals surface area contributed by atoms with Gasteiger partial charge in [-0.1, -0.05) is 326 Å². The standard InChI is InChI=1S/C28H34NOP.C25H28NOP.C18H22NOP.2C17H20NOP.C16H18NOP/c1-19-12-11-13-20(18-29-22-14-9-8-10-15-22)26(19)31-24-17-21(27(2,3)4)16-23(25(24)30)28(5,6)7;1-17-10-9-11-19(16-26-21-12-7-6-8-13-21)24(17)28-22-15-20(25(3,4)5)14-18(2)23(22)27;1-11-9-13(3)17(20)16(10-11)21-18-12(2)7-6-8-15(18)14(4)19-5;1-11-7-6-10-15(16(11)19)20-17-12(2)8-5-9-14(17)13(3)18-4;1-11-8-9-15(19)16(10-11)20-17-12(2)6-5-7-14(17)13(3)18-4;1-11-7-6-8-13(12(2)17-3)16(11)19-15-10-5-4-9-14(15)18/h8-18,30-31H,1-7H3;6-16,27-28H,1-5H3;6-10,20-21H,1-5H3;2*5-10,19-20H,1-4H3;4-10,18-19H,1-3H3. The van der Waals surface area contributed by atoms with E-state index >= 15 is 0 Å². The summed E-state index contributed by atoms with van der Waals surface area (Å²) in [7, 11) is 9.72. The zero-order valence-electron chi connectivity index (χ0n) is 86.4. The van der Waals surface area contributed by atoms with Crippen molar-refractivity contribution >= 4 is 162 Å². The molecule has 0 aliphatic heterocycles. The second kappa shape index (κ2) is 51.6. The number of phenolic OH excluding ortho intramolecular Hbond substituents is 6. The van der Waals surface area contributed by atoms with Gasteiger partial charge in [-0.2, -0.15) is 0 Å². The lowest BCUT2D eigenvalue weighted by molar-refractivity contribution is 0.449. The third-order valence-corrected chi connectivity index (χ3v) is 33.6. The van der Waals surface area contributed by atoms with Gasteiger partial charge in [-0.3, -0.25) is 30.0 Å². The summed E-state index contributed by atoms with van der Waals surface area (Å²) < 4.78 is 0. The maximum absolute atomic E-state index is 11.2. The number of benzene rings is 14. The van der Waals surface area contributed by atoms with Crippen molar-refractivity contribution in [2.75, 3.05) is 28.2 Å². The van der Waals surface area contributed by atoms with Crippen molar-refractivity contribution in [2.24, 2.45) is 30.0 Å². The second-order valence-electron chi connectivity index (χ2n) is 38.1. The van der Waals surface area contributed by atoms with Crippen LogP contribution in [0.15, 0.2) is 297 Å². The van der Waals surface area contributed by atoms with E-state index in [1.807, 2.05) is 205 Å². The number of aromatic hydroxyl groups is 6. The Morgan fingerprint density at radius 3 is 0.950 bits per heavy atom. The van der Waals surface area contributed by atoms with Crippen LogP contribution < -0.4 is 63.7 Å². The fourth-order valence-electron chi connectivity index (χ4n) is 15.3. The van der Waals surface area contributed by atoms with E-state index in [1.165, 1.54) is 110 Å². The number of phenols is 6. The van der Waals surface area contributed by atoms with Gasteiger partial charge in [0.25, 0.3) is 0 Å². The molecular formula is C121H142N6O6P6. The Morgan fingerprint density at radius 1 is 0.245 bits per heavy atom. The van der Waals surface area contributed by atoms with Crippen LogP contribution >= 0.6 is 51.5 Å². The van der Waals surface area contributed by atoms with Crippen LogP contribution in [0, 0.1) is 76.2 Å². The Labute approximate surface area is 839 Å². The predicted molar refractivity (Wildman–Crippen MR) is 621 cm³/mol. The molecule has 18 heteroatoms. The maximum Gasteiger partial charge on any atom is 0.127 e. The molecule has 12 nitrogen and oxygen atoms in total. The van der Waals surface area contributed by atoms with Crippen molar-refractivity contribution in [2.45, 2.75) is 182 Å². The van der Waals surface area contributed by atoms with Crippen molar-refractivity contribution in [1.82, 2.24) is 0 Å². The predicted octanol–water partition coefficient (Wildman–Crippen LogP) is 24.7. The van der Waals surface area contributed by atoms with E-state index in [0.717, 1.165) is 99.4 Å². The van der Waals surface area contributed by atoms with Gasteiger partial charge in [-0.05, 0) is 279 Å². The minimum atomic E-state index is -0.131. The summed E-state index contributed by atoms with van der Waals surface area (Å²) in [4.78, 5) is 26.5. The average Bonchev–Trinajstić information content (AvgIpc) is 0.775. The van der Waals surface area contributed by atoms with Crippen molar-refractivity contribution < 1.29 is 30.6 Å². The van der Waals surface area contributed by atoms with Gasteiger partial charge in [-0.25, -0.2) is 0 Å². The van der Waals surface area contributed by atoms with Gasteiger partial charge in [0.2, 0.25) is 0 Å². The molecular weight excluding hydrogens is 1820 g/mol. The molecule has 0 heterocycles. The van der Waals surface area contributed by atoms with Crippen LogP contribution in [0.2, 0.25) is 0 Å². The van der Waals surface area contributed by atoms with Gasteiger partial charge in [0.05, 0.1) is 11.4 Å². The molecule has 0 amide bonds. The Kier molecular flexibility index (Phi) is 41.2. The lowest BCUT2D eigenvalue weighted by atomic mass is 9.80. The molecule has 14 rings (SSSR count). The van der Waals surface area contributed by atoms with Crippen LogP contribution in [0.3, 0.4) is 0 Å². The quantitative estimate of drug-likeness (QED) is 0.0324. The molecule has 0 saturated carbocycles. The van der Waals surface area contributed by atoms with Crippen LogP contribution in [0.5, 0.6) is 34.5 Å². The summed E-state index contributed by atoms with van der Waals surface area (Å²) in [5.74, 6) is 2.38. The molecule has 6 unspecified atom stereocenters. The lowest BCUT2D eigenvalue weighted by Gasteiger charge is -2.28. The first-order valence-corrected chi connectivity index (χ1v) is 52.9. The molecule has 0 saturated heterocycles. The zero-order chi connectivity index (χ0) is 102. The second-order valence-corrected chi connectivity index (χ2v) is 45.8. The molecule has 0 bridgehead atoms. The zero-order valence-corrected chi connectivity index (χ0v) is 92.4. The summed E-state index contributed by atoms with van der Waals surface area (Å²) in [5.41, 5.74) is 28.9. The van der Waals surface area contributed by atoms with E-state index in [9.17, 15) is 30.6 Å². The van der Waals surface area contributed by atoms with Crippen LogP contribution in [-0.2, 0) is 16.2 Å². The number of hydrogen-bond donors (Lipinski definition) is 6. The molecule has 14 aromatic rings. The molecule has 6 atom stereocenters. The third kappa shape index (κ3) is 31.2. The van der Waals surface area contributed by atoms with E-state index in [4.69, 9.17) is 0 Å². The van der Waals surface area contributed by atoms with Crippen molar-refractivity contribution in [3.05, 3.63) is 378 Å². The molecule has 0 aromatic heterocycles. The van der Waals surface area contributed by atoms with Crippen LogP contribution in [0.1, 0.15) is 201 Å². The first-order valence-electron chi connectivity index (χ1n) is 46.9. The van der Waals surface area contributed by atoms with E-state index in [1.54, 1.807) is 12.1 Å². The molecule has 6 N–H and O–H groups in total. The SMILES string of the molecule is CN=C(C)c1cccc(C)c1Pc1cc(C)cc(C)c1O.CN=C(C)c1cccc(C)c1Pc1cc(C)ccc1O.CN=C(C)c1cccc(C)c1Pc1cccc(C)c1O.CN=C(C)c1cccc(C)c1Pc1ccccc1O.Cc1cc(C(C)(C)C)cc(Pc2c(C)cccc2C=Nc2ccccc2)c1O.Cc1cccc(C=Nc2ccccc2)c1Pc1cc(C(C)(C)C)cc(C(C)(C)C)c1O. The Bertz CT molecular complexity index is 6750. The van der Waals surface area contributed by atoms with Crippen molar-refractivity contribution in [3.63, 3.8) is 0 Å². The Balaban J connectivity index is 0.000000188. The first kappa shape index (κ1) is 111. The number of aliphatic imine (C=N–C) groups is 6. The minimum Gasteiger partial charge on any atom is -0.507 e. The number of hydrogen-bond acceptors (Lipinski definition) is 12. The summed E-state index contributed by atoms with van der Waals surface area (Å²) in [6.07, 6.45) is 3.88. The van der Waals surface area contributed by atoms with Gasteiger partial charge in [0, 0.05) is 134 Å². The number of nitrogens with zero attached hydrogens (tertiary/aromatic N) is 6. The summed E-state index contributed by atoms with van der Waals surface area (Å²) in [6.45, 7) is 50.6. The molecule has 139 heavy (non-hydrogen) atoms. The topological polar surface area (TPSA) is 196 Å². The van der Waals surface area contributed by atoms with Crippen molar-refractivity contribution in [1.29, 1.82) is 0 Å². The lowest BCUT2D eigenvalue weighted by Crippen LogP contribution is -2.21. The van der Waals surface area contributed by atoms with Gasteiger partial charge >= 0.3 is 0 Å². The fourth-order valence-corrected chi connectivity index (χ4v) is 23.8. The molecule has 14 aromatic carbocycles. The van der Waals surface area contributed by atoms with E-state index in [0.29, 0.717) is 86.0 Å². The van der Waals surface area contributed by atoms with Crippen LogP contribution in [-0.4, -0.2) is 94.1 Å². The normalized spacial score (nSPS) is 12.4. The number of para-hydroxylation sites is 4. The first-order chi connectivity index (χ1) is 65.8. The van der Waals surface area contributed by atoms with Gasteiger partial charge in [-0.15, -0.1) is 0 Å². The Hall–Kier alpha value is -11.5. The number of rotatable bonds is 20. The fraction of sp³-hybridized carbons (Fsp3) is 0.256. The molecule has 0 aliphatic rings. The van der Waals surface area contributed by atoms with E-state index in [-0.39, 0.29) is 16.2 Å².